The Morgan fingerprint density at radius 1 is 1.11 bits per heavy atom. The number of alkyl halides is 3. The van der Waals surface area contributed by atoms with Crippen molar-refractivity contribution in [3.63, 3.8) is 0 Å². The lowest BCUT2D eigenvalue weighted by Gasteiger charge is -2.35. The molecule has 1 fully saturated rings. The third-order valence-corrected chi connectivity index (χ3v) is 4.68. The Labute approximate surface area is 154 Å². The summed E-state index contributed by atoms with van der Waals surface area (Å²) in [7, 11) is 0. The first-order valence-electron chi connectivity index (χ1n) is 8.71. The normalized spacial score (nSPS) is 16.2. The summed E-state index contributed by atoms with van der Waals surface area (Å²) in [6.07, 6.45) is -3.26. The highest BCUT2D eigenvalue weighted by atomic mass is 19.4. The van der Waals surface area contributed by atoms with E-state index in [2.05, 4.69) is 50.0 Å². The number of benzene rings is 1. The van der Waals surface area contributed by atoms with Crippen molar-refractivity contribution in [1.29, 1.82) is 0 Å². The van der Waals surface area contributed by atoms with Crippen molar-refractivity contribution >= 4 is 17.0 Å². The van der Waals surface area contributed by atoms with E-state index in [0.29, 0.717) is 18.6 Å². The number of nitrogens with zero attached hydrogens (tertiary/aromatic N) is 5. The maximum Gasteiger partial charge on any atom is 0.451 e. The predicted octanol–water partition coefficient (Wildman–Crippen LogP) is 3.00. The molecule has 0 amide bonds. The number of hydrogen-bond acceptors (Lipinski definition) is 5. The van der Waals surface area contributed by atoms with Gasteiger partial charge in [0.05, 0.1) is 6.33 Å². The van der Waals surface area contributed by atoms with E-state index in [1.54, 1.807) is 0 Å². The Morgan fingerprint density at radius 2 is 1.89 bits per heavy atom. The molecular weight excluding hydrogens is 357 g/mol. The summed E-state index contributed by atoms with van der Waals surface area (Å²) in [4.78, 5) is 18.2. The first kappa shape index (κ1) is 17.7. The summed E-state index contributed by atoms with van der Waals surface area (Å²) in [6.45, 7) is 5.56. The van der Waals surface area contributed by atoms with E-state index in [0.717, 1.165) is 19.6 Å². The van der Waals surface area contributed by atoms with Crippen LogP contribution < -0.4 is 4.90 Å². The number of rotatable bonds is 3. The fraction of sp³-hybridized carbons (Fsp3) is 0.389. The largest absolute Gasteiger partial charge is 0.451 e. The van der Waals surface area contributed by atoms with E-state index in [9.17, 15) is 13.2 Å². The average molecular weight is 376 g/mol. The van der Waals surface area contributed by atoms with Crippen LogP contribution in [0, 0.1) is 6.92 Å². The van der Waals surface area contributed by atoms with Crippen LogP contribution in [0.25, 0.3) is 11.2 Å². The second-order valence-corrected chi connectivity index (χ2v) is 6.72. The predicted molar refractivity (Wildman–Crippen MR) is 95.4 cm³/mol. The van der Waals surface area contributed by atoms with Crippen LogP contribution in [0.5, 0.6) is 0 Å². The summed E-state index contributed by atoms with van der Waals surface area (Å²) in [5, 5.41) is 0. The standard InChI is InChI=1S/C18H19F3N6/c1-12-3-2-4-13(9-12)10-26-5-7-27(8-6-26)16-14-15(23-11-22-14)24-17(25-16)18(19,20)21/h2-4,9,11H,5-8,10H2,1H3,(H,22,23,24,25). The number of aromatic amines is 1. The molecule has 0 atom stereocenters. The first-order valence-corrected chi connectivity index (χ1v) is 8.71. The van der Waals surface area contributed by atoms with Crippen LogP contribution in [0.1, 0.15) is 17.0 Å². The van der Waals surface area contributed by atoms with Crippen LogP contribution in [-0.4, -0.2) is 51.0 Å². The van der Waals surface area contributed by atoms with Crippen molar-refractivity contribution in [3.05, 3.63) is 47.5 Å². The molecule has 0 bridgehead atoms. The first-order chi connectivity index (χ1) is 12.9. The number of fused-ring (bicyclic) bond motifs is 1. The molecule has 2 aromatic heterocycles. The highest BCUT2D eigenvalue weighted by Crippen LogP contribution is 2.31. The Hall–Kier alpha value is -2.68. The molecule has 0 radical (unpaired) electrons. The molecule has 0 saturated carbocycles. The zero-order valence-electron chi connectivity index (χ0n) is 14.8. The van der Waals surface area contributed by atoms with Gasteiger partial charge >= 0.3 is 6.18 Å². The Kier molecular flexibility index (Phi) is 4.47. The van der Waals surface area contributed by atoms with E-state index in [1.165, 1.54) is 17.5 Å². The number of hydrogen-bond donors (Lipinski definition) is 1. The molecule has 27 heavy (non-hydrogen) atoms. The van der Waals surface area contributed by atoms with E-state index < -0.39 is 12.0 Å². The second kappa shape index (κ2) is 6.80. The molecule has 0 unspecified atom stereocenters. The third kappa shape index (κ3) is 3.73. The van der Waals surface area contributed by atoms with Gasteiger partial charge in [0, 0.05) is 32.7 Å². The monoisotopic (exact) mass is 376 g/mol. The van der Waals surface area contributed by atoms with Crippen LogP contribution >= 0.6 is 0 Å². The van der Waals surface area contributed by atoms with Gasteiger partial charge in [-0.05, 0) is 12.5 Å². The Bertz CT molecular complexity index is 944. The van der Waals surface area contributed by atoms with Crippen LogP contribution in [0.2, 0.25) is 0 Å². The number of anilines is 1. The summed E-state index contributed by atoms with van der Waals surface area (Å²) in [5.74, 6) is -0.890. The van der Waals surface area contributed by atoms with Gasteiger partial charge in [0.2, 0.25) is 5.82 Å². The van der Waals surface area contributed by atoms with Gasteiger partial charge < -0.3 is 9.88 Å². The molecule has 9 heteroatoms. The maximum atomic E-state index is 13.1. The summed E-state index contributed by atoms with van der Waals surface area (Å²) in [6, 6.07) is 8.34. The zero-order chi connectivity index (χ0) is 19.0. The van der Waals surface area contributed by atoms with Crippen LogP contribution in [-0.2, 0) is 12.7 Å². The van der Waals surface area contributed by atoms with Gasteiger partial charge in [-0.15, -0.1) is 0 Å². The highest BCUT2D eigenvalue weighted by Gasteiger charge is 2.36. The molecule has 0 aliphatic carbocycles. The lowest BCUT2D eigenvalue weighted by atomic mass is 10.1. The fourth-order valence-corrected chi connectivity index (χ4v) is 3.36. The van der Waals surface area contributed by atoms with Crippen LogP contribution in [0.15, 0.2) is 30.6 Å². The minimum absolute atomic E-state index is 0.0366. The minimum Gasteiger partial charge on any atom is -0.352 e. The van der Waals surface area contributed by atoms with Crippen molar-refractivity contribution in [2.75, 3.05) is 31.1 Å². The lowest BCUT2D eigenvalue weighted by Crippen LogP contribution is -2.46. The molecule has 6 nitrogen and oxygen atoms in total. The van der Waals surface area contributed by atoms with E-state index in [1.807, 2.05) is 11.0 Å². The van der Waals surface area contributed by atoms with E-state index in [4.69, 9.17) is 0 Å². The molecule has 1 aromatic carbocycles. The molecule has 1 N–H and O–H groups in total. The molecule has 142 valence electrons. The molecule has 3 aromatic rings. The van der Waals surface area contributed by atoms with Crippen molar-refractivity contribution in [2.45, 2.75) is 19.6 Å². The average Bonchev–Trinajstić information content (AvgIpc) is 3.10. The number of nitrogens with one attached hydrogen (secondary N) is 1. The molecule has 0 spiro atoms. The molecule has 1 aliphatic rings. The van der Waals surface area contributed by atoms with Gasteiger partial charge in [0.15, 0.2) is 11.5 Å². The number of H-pyrrole nitrogens is 1. The number of aryl methyl sites for hydroxylation is 1. The lowest BCUT2D eigenvalue weighted by molar-refractivity contribution is -0.144. The molecular formula is C18H19F3N6. The third-order valence-electron chi connectivity index (χ3n) is 4.68. The van der Waals surface area contributed by atoms with Crippen molar-refractivity contribution in [1.82, 2.24) is 24.8 Å². The SMILES string of the molecule is Cc1cccc(CN2CCN(c3nc(C(F)(F)F)nc4nc[nH]c34)CC2)c1. The van der Waals surface area contributed by atoms with Gasteiger partial charge in [-0.2, -0.15) is 13.2 Å². The van der Waals surface area contributed by atoms with Crippen molar-refractivity contribution in [3.8, 4) is 0 Å². The summed E-state index contributed by atoms with van der Waals surface area (Å²) in [5.41, 5.74) is 2.93. The fourth-order valence-electron chi connectivity index (χ4n) is 3.36. The quantitative estimate of drug-likeness (QED) is 0.762. The summed E-state index contributed by atoms with van der Waals surface area (Å²) >= 11 is 0. The molecule has 4 rings (SSSR count). The smallest absolute Gasteiger partial charge is 0.352 e. The number of aromatic nitrogens is 4. The molecule has 1 saturated heterocycles. The number of piperazine rings is 1. The van der Waals surface area contributed by atoms with Crippen molar-refractivity contribution < 1.29 is 13.2 Å². The number of imidazole rings is 1. The topological polar surface area (TPSA) is 60.9 Å². The second-order valence-electron chi connectivity index (χ2n) is 6.72. The highest BCUT2D eigenvalue weighted by molar-refractivity contribution is 5.83. The van der Waals surface area contributed by atoms with Gasteiger partial charge in [-0.1, -0.05) is 29.8 Å². The van der Waals surface area contributed by atoms with Gasteiger partial charge in [-0.25, -0.2) is 15.0 Å². The summed E-state index contributed by atoms with van der Waals surface area (Å²) < 4.78 is 39.3. The van der Waals surface area contributed by atoms with Crippen LogP contribution in [0.4, 0.5) is 19.0 Å². The zero-order valence-corrected chi connectivity index (χ0v) is 14.8. The molecule has 1 aliphatic heterocycles. The van der Waals surface area contributed by atoms with Gasteiger partial charge in [0.25, 0.3) is 0 Å². The minimum atomic E-state index is -4.60. The molecule has 3 heterocycles. The number of halogens is 3. The van der Waals surface area contributed by atoms with E-state index >= 15 is 0 Å². The van der Waals surface area contributed by atoms with E-state index in [-0.39, 0.29) is 11.5 Å². The van der Waals surface area contributed by atoms with Crippen LogP contribution in [0.3, 0.4) is 0 Å². The maximum absolute atomic E-state index is 13.1. The van der Waals surface area contributed by atoms with Gasteiger partial charge in [0.1, 0.15) is 5.52 Å². The van der Waals surface area contributed by atoms with Crippen molar-refractivity contribution in [2.24, 2.45) is 0 Å². The van der Waals surface area contributed by atoms with Gasteiger partial charge in [-0.3, -0.25) is 4.90 Å². The Balaban J connectivity index is 1.52. The Morgan fingerprint density at radius 3 is 2.59 bits per heavy atom.